The summed E-state index contributed by atoms with van der Waals surface area (Å²) in [6.07, 6.45) is 2.51. The number of ether oxygens (including phenoxy) is 1. The van der Waals surface area contributed by atoms with E-state index in [-0.39, 0.29) is 48.8 Å². The Labute approximate surface area is 261 Å². The second-order valence-corrected chi connectivity index (χ2v) is 13.1. The largest absolute Gasteiger partial charge is 0.495 e. The Morgan fingerprint density at radius 2 is 1.67 bits per heavy atom. The van der Waals surface area contributed by atoms with Crippen LogP contribution in [-0.2, 0) is 32.6 Å². The van der Waals surface area contributed by atoms with Gasteiger partial charge in [0.05, 0.1) is 24.1 Å². The molecule has 3 aromatic rings. The summed E-state index contributed by atoms with van der Waals surface area (Å²) in [5, 5.41) is 3.35. The molecule has 43 heavy (non-hydrogen) atoms. The number of benzene rings is 3. The molecule has 2 atom stereocenters. The molecule has 0 aliphatic rings. The van der Waals surface area contributed by atoms with Crippen LogP contribution in [0.5, 0.6) is 5.75 Å². The average Bonchev–Trinajstić information content (AvgIpc) is 2.97. The van der Waals surface area contributed by atoms with Crippen molar-refractivity contribution in [2.24, 2.45) is 0 Å². The van der Waals surface area contributed by atoms with E-state index in [9.17, 15) is 18.0 Å². The lowest BCUT2D eigenvalue weighted by molar-refractivity contribution is -0.141. The quantitative estimate of drug-likeness (QED) is 0.231. The molecule has 0 aliphatic heterocycles. The van der Waals surface area contributed by atoms with Crippen LogP contribution < -0.4 is 14.4 Å². The van der Waals surface area contributed by atoms with Gasteiger partial charge in [0.15, 0.2) is 0 Å². The number of rotatable bonds is 15. The molecule has 0 fully saturated rings. The summed E-state index contributed by atoms with van der Waals surface area (Å²) in [5.74, 6) is -0.0211. The minimum atomic E-state index is -3.67. The molecule has 232 valence electrons. The number of sulfonamides is 1. The van der Waals surface area contributed by atoms with Gasteiger partial charge in [0, 0.05) is 32.0 Å². The van der Waals surface area contributed by atoms with E-state index in [4.69, 9.17) is 16.3 Å². The van der Waals surface area contributed by atoms with Crippen LogP contribution in [0.3, 0.4) is 0 Å². The molecule has 2 amide bonds. The predicted molar refractivity (Wildman–Crippen MR) is 173 cm³/mol. The molecule has 0 unspecified atom stereocenters. The number of nitrogens with one attached hydrogen (secondary N) is 1. The Morgan fingerprint density at radius 1 is 1.00 bits per heavy atom. The summed E-state index contributed by atoms with van der Waals surface area (Å²) in [6.45, 7) is 6.24. The van der Waals surface area contributed by atoms with Crippen molar-refractivity contribution in [1.82, 2.24) is 10.2 Å². The van der Waals surface area contributed by atoms with E-state index in [0.717, 1.165) is 29.4 Å². The minimum Gasteiger partial charge on any atom is -0.495 e. The van der Waals surface area contributed by atoms with Crippen molar-refractivity contribution in [2.45, 2.75) is 65.1 Å². The van der Waals surface area contributed by atoms with Crippen LogP contribution in [0.1, 0.15) is 49.8 Å². The Balaban J connectivity index is 1.89. The van der Waals surface area contributed by atoms with Gasteiger partial charge in [-0.25, -0.2) is 8.42 Å². The third-order valence-electron chi connectivity index (χ3n) is 7.32. The van der Waals surface area contributed by atoms with Gasteiger partial charge in [-0.05, 0) is 56.0 Å². The molecule has 8 nitrogen and oxygen atoms in total. The smallest absolute Gasteiger partial charge is 0.243 e. The molecule has 0 spiro atoms. The molecular formula is C33H42ClN3O5S. The molecule has 0 aromatic heterocycles. The first-order chi connectivity index (χ1) is 20.4. The van der Waals surface area contributed by atoms with E-state index in [1.165, 1.54) is 17.5 Å². The number of carbonyl (C=O) groups is 2. The minimum absolute atomic E-state index is 0.0453. The van der Waals surface area contributed by atoms with Gasteiger partial charge >= 0.3 is 0 Å². The highest BCUT2D eigenvalue weighted by molar-refractivity contribution is 7.92. The third kappa shape index (κ3) is 10.0. The summed E-state index contributed by atoms with van der Waals surface area (Å²) in [4.78, 5) is 29.3. The number of halogens is 1. The van der Waals surface area contributed by atoms with Gasteiger partial charge < -0.3 is 15.0 Å². The molecule has 0 saturated heterocycles. The molecule has 10 heteroatoms. The number of hydrogen-bond acceptors (Lipinski definition) is 5. The number of methoxy groups -OCH3 is 1. The lowest BCUT2D eigenvalue weighted by atomic mass is 10.0. The van der Waals surface area contributed by atoms with Crippen molar-refractivity contribution in [2.75, 3.05) is 24.2 Å². The van der Waals surface area contributed by atoms with Crippen LogP contribution in [0.2, 0.25) is 5.02 Å². The highest BCUT2D eigenvalue weighted by Gasteiger charge is 2.31. The van der Waals surface area contributed by atoms with Crippen LogP contribution in [0.15, 0.2) is 72.8 Å². The summed E-state index contributed by atoms with van der Waals surface area (Å²) >= 11 is 6.27. The van der Waals surface area contributed by atoms with E-state index in [0.29, 0.717) is 17.9 Å². The fourth-order valence-electron chi connectivity index (χ4n) is 4.70. The Morgan fingerprint density at radius 3 is 2.26 bits per heavy atom. The number of carbonyl (C=O) groups excluding carboxylic acids is 2. The van der Waals surface area contributed by atoms with Crippen molar-refractivity contribution < 1.29 is 22.7 Å². The highest BCUT2D eigenvalue weighted by atomic mass is 35.5. The molecule has 0 radical (unpaired) electrons. The Hall–Kier alpha value is -3.56. The Bertz CT molecular complexity index is 1470. The molecule has 0 aliphatic carbocycles. The fourth-order valence-corrected chi connectivity index (χ4v) is 5.91. The van der Waals surface area contributed by atoms with E-state index < -0.39 is 16.1 Å². The van der Waals surface area contributed by atoms with Crippen LogP contribution in [-0.4, -0.2) is 57.1 Å². The van der Waals surface area contributed by atoms with Gasteiger partial charge in [0.25, 0.3) is 0 Å². The highest BCUT2D eigenvalue weighted by Crippen LogP contribution is 2.30. The van der Waals surface area contributed by atoms with Gasteiger partial charge in [0.2, 0.25) is 21.8 Å². The third-order valence-corrected chi connectivity index (χ3v) is 8.81. The number of hydrogen-bond donors (Lipinski definition) is 1. The predicted octanol–water partition coefficient (Wildman–Crippen LogP) is 5.76. The number of anilines is 1. The van der Waals surface area contributed by atoms with E-state index in [2.05, 4.69) is 5.32 Å². The first-order valence-electron chi connectivity index (χ1n) is 14.4. The van der Waals surface area contributed by atoms with Crippen molar-refractivity contribution in [3.63, 3.8) is 0 Å². The van der Waals surface area contributed by atoms with Crippen molar-refractivity contribution in [3.8, 4) is 5.75 Å². The van der Waals surface area contributed by atoms with Gasteiger partial charge in [-0.15, -0.1) is 0 Å². The first-order valence-corrected chi connectivity index (χ1v) is 16.7. The maximum atomic E-state index is 14.0. The number of nitrogens with zero attached hydrogens (tertiary/aromatic N) is 2. The topological polar surface area (TPSA) is 96.0 Å². The van der Waals surface area contributed by atoms with Crippen molar-refractivity contribution in [1.29, 1.82) is 0 Å². The lowest BCUT2D eigenvalue weighted by Gasteiger charge is -2.32. The summed E-state index contributed by atoms with van der Waals surface area (Å²) in [7, 11) is -2.18. The van der Waals surface area contributed by atoms with Crippen molar-refractivity contribution in [3.05, 3.63) is 94.5 Å². The summed E-state index contributed by atoms with van der Waals surface area (Å²) in [6, 6.07) is 21.5. The Kier molecular flexibility index (Phi) is 12.5. The lowest BCUT2D eigenvalue weighted by Crippen LogP contribution is -2.52. The second kappa shape index (κ2) is 15.8. The maximum Gasteiger partial charge on any atom is 0.243 e. The first kappa shape index (κ1) is 33.9. The normalized spacial score (nSPS) is 12.7. The monoisotopic (exact) mass is 627 g/mol. The molecule has 0 bridgehead atoms. The number of aryl methyl sites for hydroxylation is 1. The van der Waals surface area contributed by atoms with Gasteiger partial charge in [-0.3, -0.25) is 13.9 Å². The summed E-state index contributed by atoms with van der Waals surface area (Å²) in [5.41, 5.74) is 3.32. The van der Waals surface area contributed by atoms with Crippen LogP contribution >= 0.6 is 11.6 Å². The average molecular weight is 628 g/mol. The molecular weight excluding hydrogens is 586 g/mol. The molecule has 0 heterocycles. The number of amides is 2. The van der Waals surface area contributed by atoms with Crippen LogP contribution in [0.4, 0.5) is 5.69 Å². The van der Waals surface area contributed by atoms with E-state index >= 15 is 0 Å². The van der Waals surface area contributed by atoms with Crippen LogP contribution in [0.25, 0.3) is 0 Å². The zero-order chi connectivity index (χ0) is 31.6. The fraction of sp³-hybridized carbons (Fsp3) is 0.394. The van der Waals surface area contributed by atoms with Gasteiger partial charge in [-0.1, -0.05) is 78.7 Å². The van der Waals surface area contributed by atoms with E-state index in [1.54, 1.807) is 17.0 Å². The maximum absolute atomic E-state index is 14.0. The molecule has 3 rings (SSSR count). The summed E-state index contributed by atoms with van der Waals surface area (Å²) < 4.78 is 31.8. The van der Waals surface area contributed by atoms with Gasteiger partial charge in [-0.2, -0.15) is 0 Å². The second-order valence-electron chi connectivity index (χ2n) is 10.8. The molecule has 3 aromatic carbocycles. The zero-order valence-electron chi connectivity index (χ0n) is 25.5. The zero-order valence-corrected chi connectivity index (χ0v) is 27.1. The standard InChI is InChI=1S/C33H42ClN3O5S/c1-6-25(3)35-33(39)30(21-26-11-8-7-9-12-26)36(23-27-16-14-24(2)15-17-27)32(38)13-10-20-37(43(5,40)41)28-18-19-31(42-4)29(34)22-28/h7-9,11-12,14-19,22,25,30H,6,10,13,20-21,23H2,1-5H3,(H,35,39)/t25-,30-/m0/s1. The van der Waals surface area contributed by atoms with Gasteiger partial charge in [0.1, 0.15) is 11.8 Å². The SMILES string of the molecule is CC[C@H](C)NC(=O)[C@H](Cc1ccccc1)N(Cc1ccc(C)cc1)C(=O)CCCN(c1ccc(OC)c(Cl)c1)S(C)(=O)=O. The molecule has 0 saturated carbocycles. The van der Waals surface area contributed by atoms with Crippen LogP contribution in [0, 0.1) is 6.92 Å². The van der Waals surface area contributed by atoms with Crippen molar-refractivity contribution >= 4 is 39.1 Å². The molecule has 1 N–H and O–H groups in total. The van der Waals surface area contributed by atoms with E-state index in [1.807, 2.05) is 75.4 Å².